The molecule has 6 nitrogen and oxygen atoms in total. The number of aryl methyl sites for hydroxylation is 1. The predicted octanol–water partition coefficient (Wildman–Crippen LogP) is -0.220. The lowest BCUT2D eigenvalue weighted by molar-refractivity contribution is 0.416. The summed E-state index contributed by atoms with van der Waals surface area (Å²) in [5.74, 6) is 0. The fourth-order valence-corrected chi connectivity index (χ4v) is 3.05. The van der Waals surface area contributed by atoms with Crippen LogP contribution in [0, 0.1) is 0 Å². The van der Waals surface area contributed by atoms with Crippen molar-refractivity contribution in [3.8, 4) is 0 Å². The minimum absolute atomic E-state index is 0.214. The van der Waals surface area contributed by atoms with Gasteiger partial charge in [-0.1, -0.05) is 6.92 Å². The zero-order valence-corrected chi connectivity index (χ0v) is 10.4. The van der Waals surface area contributed by atoms with Crippen LogP contribution in [0.1, 0.15) is 13.3 Å². The Hall–Kier alpha value is -0.920. The summed E-state index contributed by atoms with van der Waals surface area (Å²) in [6.07, 6.45) is 2.13. The van der Waals surface area contributed by atoms with E-state index in [4.69, 9.17) is 5.73 Å². The highest BCUT2D eigenvalue weighted by atomic mass is 32.2. The van der Waals surface area contributed by atoms with Crippen molar-refractivity contribution in [1.29, 1.82) is 0 Å². The lowest BCUT2D eigenvalue weighted by atomic mass is 10.4. The molecule has 0 saturated heterocycles. The van der Waals surface area contributed by atoms with E-state index in [1.807, 2.05) is 6.92 Å². The molecular weight excluding hydrogens is 228 g/mol. The number of hydrogen-bond donors (Lipinski definition) is 1. The lowest BCUT2D eigenvalue weighted by Gasteiger charge is -2.19. The summed E-state index contributed by atoms with van der Waals surface area (Å²) >= 11 is 0. The molecule has 16 heavy (non-hydrogen) atoms. The molecule has 1 rings (SSSR count). The minimum Gasteiger partial charge on any atom is -0.330 e. The van der Waals surface area contributed by atoms with E-state index in [1.165, 1.54) is 21.3 Å². The molecule has 0 aromatic carbocycles. The smallest absolute Gasteiger partial charge is 0.260 e. The molecular formula is C9H18N4O2S. The molecule has 0 bridgehead atoms. The number of rotatable bonds is 6. The second-order valence-electron chi connectivity index (χ2n) is 3.43. The van der Waals surface area contributed by atoms with Gasteiger partial charge in [-0.2, -0.15) is 9.40 Å². The number of nitrogens with two attached hydrogens (primary N) is 1. The van der Waals surface area contributed by atoms with Gasteiger partial charge >= 0.3 is 0 Å². The van der Waals surface area contributed by atoms with Gasteiger partial charge in [-0.25, -0.2) is 8.42 Å². The Labute approximate surface area is 96.1 Å². The fraction of sp³-hybridized carbons (Fsp3) is 0.667. The largest absolute Gasteiger partial charge is 0.330 e. The molecule has 7 heteroatoms. The molecule has 0 amide bonds. The Morgan fingerprint density at radius 2 is 2.25 bits per heavy atom. The van der Waals surface area contributed by atoms with Crippen molar-refractivity contribution in [2.75, 3.05) is 19.6 Å². The van der Waals surface area contributed by atoms with Gasteiger partial charge in [0.15, 0.2) is 5.03 Å². The fourth-order valence-electron chi connectivity index (χ4n) is 1.46. The first-order valence-electron chi connectivity index (χ1n) is 5.22. The molecule has 0 aliphatic rings. The van der Waals surface area contributed by atoms with Crippen LogP contribution in [0.3, 0.4) is 0 Å². The summed E-state index contributed by atoms with van der Waals surface area (Å²) in [6, 6.07) is 1.50. The molecule has 92 valence electrons. The normalized spacial score (nSPS) is 12.2. The molecule has 0 aliphatic heterocycles. The Morgan fingerprint density at radius 1 is 1.56 bits per heavy atom. The minimum atomic E-state index is -3.43. The molecule has 0 atom stereocenters. The predicted molar refractivity (Wildman–Crippen MR) is 61.3 cm³/mol. The molecule has 0 spiro atoms. The maximum atomic E-state index is 12.2. The van der Waals surface area contributed by atoms with Crippen LogP contribution in [-0.4, -0.2) is 42.1 Å². The van der Waals surface area contributed by atoms with E-state index in [1.54, 1.807) is 7.05 Å². The Bertz CT molecular complexity index is 426. The third-order valence-corrected chi connectivity index (χ3v) is 4.39. The molecule has 0 fully saturated rings. The van der Waals surface area contributed by atoms with Gasteiger partial charge in [0.05, 0.1) is 6.20 Å². The van der Waals surface area contributed by atoms with E-state index in [0.717, 1.165) is 0 Å². The molecule has 1 aromatic heterocycles. The average Bonchev–Trinajstić information content (AvgIpc) is 2.66. The van der Waals surface area contributed by atoms with E-state index < -0.39 is 10.0 Å². The summed E-state index contributed by atoms with van der Waals surface area (Å²) in [5, 5.41) is 4.08. The van der Waals surface area contributed by atoms with Crippen LogP contribution in [0.25, 0.3) is 0 Å². The monoisotopic (exact) mass is 246 g/mol. The Morgan fingerprint density at radius 3 is 2.69 bits per heavy atom. The van der Waals surface area contributed by atoms with Crippen molar-refractivity contribution in [3.63, 3.8) is 0 Å². The molecule has 1 aromatic rings. The third-order valence-electron chi connectivity index (χ3n) is 2.34. The third kappa shape index (κ3) is 2.60. The second kappa shape index (κ2) is 5.42. The van der Waals surface area contributed by atoms with Crippen molar-refractivity contribution in [1.82, 2.24) is 14.1 Å². The van der Waals surface area contributed by atoms with Crippen LogP contribution in [0.5, 0.6) is 0 Å². The van der Waals surface area contributed by atoms with E-state index >= 15 is 0 Å². The summed E-state index contributed by atoms with van der Waals surface area (Å²) in [5.41, 5.74) is 5.38. The molecule has 2 N–H and O–H groups in total. The van der Waals surface area contributed by atoms with Gasteiger partial charge in [-0.3, -0.25) is 4.68 Å². The average molecular weight is 246 g/mol. The second-order valence-corrected chi connectivity index (χ2v) is 5.32. The van der Waals surface area contributed by atoms with Crippen LogP contribution >= 0.6 is 0 Å². The molecule has 0 aliphatic carbocycles. The quantitative estimate of drug-likeness (QED) is 0.752. The summed E-state index contributed by atoms with van der Waals surface area (Å²) in [7, 11) is -1.82. The SMILES string of the molecule is CCN(CCCN)S(=O)(=O)c1ccnn1C. The molecule has 1 heterocycles. The van der Waals surface area contributed by atoms with E-state index in [9.17, 15) is 8.42 Å². The summed E-state index contributed by atoms with van der Waals surface area (Å²) in [6.45, 7) is 3.18. The first-order valence-corrected chi connectivity index (χ1v) is 6.66. The first kappa shape index (κ1) is 13.1. The summed E-state index contributed by atoms with van der Waals surface area (Å²) < 4.78 is 27.1. The summed E-state index contributed by atoms with van der Waals surface area (Å²) in [4.78, 5) is 0. The first-order chi connectivity index (χ1) is 7.54. The highest BCUT2D eigenvalue weighted by Gasteiger charge is 2.25. The zero-order valence-electron chi connectivity index (χ0n) is 9.63. The van der Waals surface area contributed by atoms with E-state index in [-0.39, 0.29) is 5.03 Å². The maximum absolute atomic E-state index is 12.2. The van der Waals surface area contributed by atoms with Crippen molar-refractivity contribution < 1.29 is 8.42 Å². The number of aromatic nitrogens is 2. The van der Waals surface area contributed by atoms with Gasteiger partial charge in [0.1, 0.15) is 0 Å². The van der Waals surface area contributed by atoms with Gasteiger partial charge in [-0.15, -0.1) is 0 Å². The van der Waals surface area contributed by atoms with Crippen LogP contribution < -0.4 is 5.73 Å². The van der Waals surface area contributed by atoms with Gasteiger partial charge in [0.25, 0.3) is 10.0 Å². The van der Waals surface area contributed by atoms with Crippen LogP contribution in [0.4, 0.5) is 0 Å². The topological polar surface area (TPSA) is 81.2 Å². The van der Waals surface area contributed by atoms with Crippen LogP contribution in [0.2, 0.25) is 0 Å². The van der Waals surface area contributed by atoms with Crippen molar-refractivity contribution >= 4 is 10.0 Å². The Balaban J connectivity index is 2.95. The van der Waals surface area contributed by atoms with E-state index in [0.29, 0.717) is 26.1 Å². The van der Waals surface area contributed by atoms with Gasteiger partial charge < -0.3 is 5.73 Å². The van der Waals surface area contributed by atoms with E-state index in [2.05, 4.69) is 5.10 Å². The number of nitrogens with zero attached hydrogens (tertiary/aromatic N) is 3. The highest BCUT2D eigenvalue weighted by molar-refractivity contribution is 7.89. The van der Waals surface area contributed by atoms with Crippen molar-refractivity contribution in [2.24, 2.45) is 12.8 Å². The number of sulfonamides is 1. The van der Waals surface area contributed by atoms with Crippen molar-refractivity contribution in [2.45, 2.75) is 18.4 Å². The number of hydrogen-bond acceptors (Lipinski definition) is 4. The van der Waals surface area contributed by atoms with Gasteiger partial charge in [-0.05, 0) is 19.0 Å². The van der Waals surface area contributed by atoms with Crippen LogP contribution in [-0.2, 0) is 17.1 Å². The van der Waals surface area contributed by atoms with Gasteiger partial charge in [0.2, 0.25) is 0 Å². The molecule has 0 unspecified atom stereocenters. The molecule has 0 radical (unpaired) electrons. The van der Waals surface area contributed by atoms with Crippen molar-refractivity contribution in [3.05, 3.63) is 12.3 Å². The Kier molecular flexibility index (Phi) is 4.45. The highest BCUT2D eigenvalue weighted by Crippen LogP contribution is 2.14. The standard InChI is InChI=1S/C9H18N4O2S/c1-3-13(8-4-6-10)16(14,15)9-5-7-11-12(9)2/h5,7H,3-4,6,8,10H2,1-2H3. The van der Waals surface area contributed by atoms with Crippen LogP contribution in [0.15, 0.2) is 17.3 Å². The van der Waals surface area contributed by atoms with Gasteiger partial charge in [0, 0.05) is 20.1 Å². The maximum Gasteiger partial charge on any atom is 0.260 e. The lowest BCUT2D eigenvalue weighted by Crippen LogP contribution is -2.34. The zero-order chi connectivity index (χ0) is 12.2. The molecule has 0 saturated carbocycles.